The first-order valence-corrected chi connectivity index (χ1v) is 8.02. The Hall–Kier alpha value is -3.15. The van der Waals surface area contributed by atoms with Crippen LogP contribution in [0.25, 0.3) is 11.5 Å². The second-order valence-corrected chi connectivity index (χ2v) is 5.46. The molecule has 0 saturated heterocycles. The monoisotopic (exact) mass is 337 g/mol. The van der Waals surface area contributed by atoms with Gasteiger partial charge < -0.3 is 14.5 Å². The summed E-state index contributed by atoms with van der Waals surface area (Å²) in [6.07, 6.45) is 1.11. The molecular formula is C19H19N3O3. The van der Waals surface area contributed by atoms with E-state index in [9.17, 15) is 4.79 Å². The van der Waals surface area contributed by atoms with Crippen LogP contribution < -0.4 is 10.1 Å². The lowest BCUT2D eigenvalue weighted by atomic mass is 10.1. The van der Waals surface area contributed by atoms with Crippen molar-refractivity contribution < 1.29 is 13.9 Å². The average molecular weight is 337 g/mol. The number of carbonyl (C=O) groups is 1. The molecule has 3 aromatic rings. The maximum Gasteiger partial charge on any atom is 0.251 e. The van der Waals surface area contributed by atoms with Crippen molar-refractivity contribution >= 4 is 5.91 Å². The summed E-state index contributed by atoms with van der Waals surface area (Å²) in [5, 5.41) is 10.8. The number of hydrogen-bond donors (Lipinski definition) is 1. The number of amides is 1. The van der Waals surface area contributed by atoms with Crippen LogP contribution >= 0.6 is 0 Å². The highest BCUT2D eigenvalue weighted by Crippen LogP contribution is 2.28. The Bertz CT molecular complexity index is 831. The van der Waals surface area contributed by atoms with Crippen LogP contribution in [0.3, 0.4) is 0 Å². The zero-order chi connectivity index (χ0) is 17.5. The molecule has 0 atom stereocenters. The molecule has 0 saturated carbocycles. The lowest BCUT2D eigenvalue weighted by molar-refractivity contribution is -0.121. The van der Waals surface area contributed by atoms with E-state index in [-0.39, 0.29) is 12.5 Å². The second kappa shape index (κ2) is 8.10. The largest absolute Gasteiger partial charge is 0.496 e. The fourth-order valence-electron chi connectivity index (χ4n) is 2.42. The van der Waals surface area contributed by atoms with Gasteiger partial charge in [-0.05, 0) is 24.1 Å². The number of aromatic nitrogens is 2. The molecule has 6 heteroatoms. The minimum Gasteiger partial charge on any atom is -0.496 e. The maximum absolute atomic E-state index is 11.9. The van der Waals surface area contributed by atoms with Crippen molar-refractivity contribution in [3.63, 3.8) is 0 Å². The number of nitrogens with zero attached hydrogens (tertiary/aromatic N) is 2. The summed E-state index contributed by atoms with van der Waals surface area (Å²) in [7, 11) is 1.59. The predicted octanol–water partition coefficient (Wildman–Crippen LogP) is 2.99. The van der Waals surface area contributed by atoms with Gasteiger partial charge in [0.25, 0.3) is 5.89 Å². The van der Waals surface area contributed by atoms with Crippen LogP contribution in [-0.2, 0) is 17.8 Å². The van der Waals surface area contributed by atoms with Gasteiger partial charge >= 0.3 is 0 Å². The Kier molecular flexibility index (Phi) is 5.41. The molecule has 1 N–H and O–H groups in total. The summed E-state index contributed by atoms with van der Waals surface area (Å²) in [6, 6.07) is 17.3. The number of ether oxygens (including phenoxy) is 1. The molecule has 0 unspecified atom stereocenters. The van der Waals surface area contributed by atoms with Gasteiger partial charge in [-0.3, -0.25) is 4.79 Å². The fourth-order valence-corrected chi connectivity index (χ4v) is 2.42. The SMILES string of the molecule is COc1ccccc1-c1nnc(CNC(=O)CCc2ccccc2)o1. The van der Waals surface area contributed by atoms with Gasteiger partial charge in [0.05, 0.1) is 19.2 Å². The summed E-state index contributed by atoms with van der Waals surface area (Å²) in [5.74, 6) is 1.32. The average Bonchev–Trinajstić information content (AvgIpc) is 3.14. The van der Waals surface area contributed by atoms with E-state index in [0.717, 1.165) is 11.1 Å². The van der Waals surface area contributed by atoms with Crippen molar-refractivity contribution in [3.8, 4) is 17.2 Å². The Morgan fingerprint density at radius 1 is 1.08 bits per heavy atom. The third-order valence-corrected chi connectivity index (χ3v) is 3.72. The van der Waals surface area contributed by atoms with Crippen LogP contribution in [0.15, 0.2) is 59.0 Å². The number of nitrogens with one attached hydrogen (secondary N) is 1. The highest BCUT2D eigenvalue weighted by atomic mass is 16.5. The molecule has 3 rings (SSSR count). The molecule has 0 spiro atoms. The molecule has 1 heterocycles. The van der Waals surface area contributed by atoms with E-state index in [1.54, 1.807) is 7.11 Å². The Morgan fingerprint density at radius 3 is 2.64 bits per heavy atom. The van der Waals surface area contributed by atoms with E-state index in [0.29, 0.717) is 30.4 Å². The van der Waals surface area contributed by atoms with Gasteiger partial charge in [0.2, 0.25) is 11.8 Å². The Labute approximate surface area is 145 Å². The zero-order valence-corrected chi connectivity index (χ0v) is 13.9. The topological polar surface area (TPSA) is 77.3 Å². The lowest BCUT2D eigenvalue weighted by Gasteiger charge is -2.04. The van der Waals surface area contributed by atoms with Crippen LogP contribution in [-0.4, -0.2) is 23.2 Å². The molecule has 128 valence electrons. The summed E-state index contributed by atoms with van der Waals surface area (Å²) in [5.41, 5.74) is 1.85. The summed E-state index contributed by atoms with van der Waals surface area (Å²) in [6.45, 7) is 0.204. The minimum absolute atomic E-state index is 0.0547. The summed E-state index contributed by atoms with van der Waals surface area (Å²) >= 11 is 0. The van der Waals surface area contributed by atoms with Crippen LogP contribution in [0.2, 0.25) is 0 Å². The first kappa shape index (κ1) is 16.7. The summed E-state index contributed by atoms with van der Waals surface area (Å²) in [4.78, 5) is 11.9. The molecule has 0 fully saturated rings. The van der Waals surface area contributed by atoms with Gasteiger partial charge in [0.15, 0.2) is 0 Å². The van der Waals surface area contributed by atoms with E-state index in [4.69, 9.17) is 9.15 Å². The number of benzene rings is 2. The van der Waals surface area contributed by atoms with Crippen LogP contribution in [0.1, 0.15) is 17.9 Å². The molecule has 2 aromatic carbocycles. The molecule has 0 aliphatic rings. The fraction of sp³-hybridized carbons (Fsp3) is 0.211. The van der Waals surface area contributed by atoms with Crippen molar-refractivity contribution in [1.82, 2.24) is 15.5 Å². The van der Waals surface area contributed by atoms with E-state index >= 15 is 0 Å². The van der Waals surface area contributed by atoms with Crippen molar-refractivity contribution in [2.75, 3.05) is 7.11 Å². The van der Waals surface area contributed by atoms with Crippen molar-refractivity contribution in [2.24, 2.45) is 0 Å². The van der Waals surface area contributed by atoms with Gasteiger partial charge in [-0.1, -0.05) is 42.5 Å². The van der Waals surface area contributed by atoms with Crippen LogP contribution in [0.4, 0.5) is 0 Å². The van der Waals surface area contributed by atoms with Gasteiger partial charge in [-0.2, -0.15) is 0 Å². The quantitative estimate of drug-likeness (QED) is 0.717. The standard InChI is InChI=1S/C19H19N3O3/c1-24-16-10-6-5-9-15(16)19-22-21-18(25-19)13-20-17(23)12-11-14-7-3-2-4-8-14/h2-10H,11-13H2,1H3,(H,20,23). The van der Waals surface area contributed by atoms with Gasteiger partial charge in [-0.15, -0.1) is 10.2 Å². The van der Waals surface area contributed by atoms with Crippen molar-refractivity contribution in [2.45, 2.75) is 19.4 Å². The molecule has 6 nitrogen and oxygen atoms in total. The van der Waals surface area contributed by atoms with Crippen molar-refractivity contribution in [3.05, 3.63) is 66.1 Å². The van der Waals surface area contributed by atoms with E-state index in [2.05, 4.69) is 15.5 Å². The van der Waals surface area contributed by atoms with Crippen LogP contribution in [0, 0.1) is 0 Å². The van der Waals surface area contributed by atoms with E-state index in [1.165, 1.54) is 0 Å². The van der Waals surface area contributed by atoms with E-state index < -0.39 is 0 Å². The highest BCUT2D eigenvalue weighted by molar-refractivity contribution is 5.76. The molecular weight excluding hydrogens is 318 g/mol. The molecule has 1 amide bonds. The number of hydrogen-bond acceptors (Lipinski definition) is 5. The lowest BCUT2D eigenvalue weighted by Crippen LogP contribution is -2.23. The number of aryl methyl sites for hydroxylation is 1. The Morgan fingerprint density at radius 2 is 1.84 bits per heavy atom. The van der Waals surface area contributed by atoms with Gasteiger partial charge in [-0.25, -0.2) is 0 Å². The van der Waals surface area contributed by atoms with E-state index in [1.807, 2.05) is 54.6 Å². The zero-order valence-electron chi connectivity index (χ0n) is 13.9. The molecule has 0 aliphatic heterocycles. The minimum atomic E-state index is -0.0547. The van der Waals surface area contributed by atoms with Gasteiger partial charge in [0, 0.05) is 6.42 Å². The Balaban J connectivity index is 1.54. The predicted molar refractivity (Wildman–Crippen MR) is 92.9 cm³/mol. The van der Waals surface area contributed by atoms with Gasteiger partial charge in [0.1, 0.15) is 5.75 Å². The molecule has 0 aliphatic carbocycles. The maximum atomic E-state index is 11.9. The first-order chi connectivity index (χ1) is 12.3. The third-order valence-electron chi connectivity index (χ3n) is 3.72. The molecule has 1 aromatic heterocycles. The molecule has 25 heavy (non-hydrogen) atoms. The number of methoxy groups -OCH3 is 1. The normalized spacial score (nSPS) is 10.4. The third kappa shape index (κ3) is 4.44. The number of para-hydroxylation sites is 1. The second-order valence-electron chi connectivity index (χ2n) is 5.46. The van der Waals surface area contributed by atoms with Crippen LogP contribution in [0.5, 0.6) is 5.75 Å². The smallest absolute Gasteiger partial charge is 0.251 e. The number of rotatable bonds is 7. The summed E-state index contributed by atoms with van der Waals surface area (Å²) < 4.78 is 10.9. The highest BCUT2D eigenvalue weighted by Gasteiger charge is 2.13. The molecule has 0 radical (unpaired) electrons. The van der Waals surface area contributed by atoms with Crippen molar-refractivity contribution in [1.29, 1.82) is 0 Å². The first-order valence-electron chi connectivity index (χ1n) is 8.02. The number of carbonyl (C=O) groups excluding carboxylic acids is 1. The molecule has 0 bridgehead atoms.